The van der Waals surface area contributed by atoms with Gasteiger partial charge in [-0.15, -0.1) is 0 Å². The number of methoxy groups -OCH3 is 1. The molecule has 7 nitrogen and oxygen atoms in total. The second kappa shape index (κ2) is 15.0. The molecule has 3 aromatic carbocycles. The number of rotatable bonds is 15. The molecule has 0 aromatic heterocycles. The summed E-state index contributed by atoms with van der Waals surface area (Å²) < 4.78 is 17.6. The average molecular weight is 568 g/mol. The van der Waals surface area contributed by atoms with Crippen molar-refractivity contribution in [1.29, 1.82) is 5.26 Å². The van der Waals surface area contributed by atoms with E-state index in [0.29, 0.717) is 37.7 Å². The van der Waals surface area contributed by atoms with Crippen molar-refractivity contribution in [3.63, 3.8) is 0 Å². The monoisotopic (exact) mass is 567 g/mol. The molecule has 0 unspecified atom stereocenters. The van der Waals surface area contributed by atoms with Gasteiger partial charge in [0.25, 0.3) is 0 Å². The van der Waals surface area contributed by atoms with E-state index < -0.39 is 0 Å². The predicted molar refractivity (Wildman–Crippen MR) is 162 cm³/mol. The number of carbonyl (C=O) groups excluding carboxylic acids is 1. The molecule has 7 heteroatoms. The lowest BCUT2D eigenvalue weighted by atomic mass is 9.87. The van der Waals surface area contributed by atoms with E-state index in [1.54, 1.807) is 13.2 Å². The minimum absolute atomic E-state index is 0.0448. The van der Waals surface area contributed by atoms with Crippen molar-refractivity contribution in [3.05, 3.63) is 107 Å². The van der Waals surface area contributed by atoms with Crippen molar-refractivity contribution in [2.24, 2.45) is 5.92 Å². The molecule has 0 N–H and O–H groups in total. The molecule has 1 aliphatic carbocycles. The Hall–Kier alpha value is -3.70. The smallest absolute Gasteiger partial charge is 0.321 e. The first-order valence-corrected chi connectivity index (χ1v) is 15.0. The van der Waals surface area contributed by atoms with Crippen LogP contribution < -0.4 is 0 Å². The van der Waals surface area contributed by atoms with Crippen molar-refractivity contribution in [2.75, 3.05) is 33.7 Å². The largest absolute Gasteiger partial charge is 0.382 e. The van der Waals surface area contributed by atoms with Gasteiger partial charge in [-0.05, 0) is 66.8 Å². The second-order valence-electron chi connectivity index (χ2n) is 11.3. The molecule has 0 radical (unpaired) electrons. The molecule has 0 bridgehead atoms. The molecule has 2 amide bonds. The Balaban J connectivity index is 1.50. The zero-order chi connectivity index (χ0) is 29.1. The first-order valence-electron chi connectivity index (χ1n) is 15.0. The molecule has 3 atom stereocenters. The minimum atomic E-state index is -0.271. The van der Waals surface area contributed by atoms with E-state index in [9.17, 15) is 10.1 Å². The maximum atomic E-state index is 14.5. The molecule has 3 aromatic rings. The van der Waals surface area contributed by atoms with Gasteiger partial charge in [-0.1, -0.05) is 72.8 Å². The van der Waals surface area contributed by atoms with Crippen LogP contribution in [0.25, 0.3) is 0 Å². The summed E-state index contributed by atoms with van der Waals surface area (Å²) in [7, 11) is 1.65. The number of amides is 2. The molecule has 1 saturated heterocycles. The standard InChI is InChI=1S/C35H41N3O4/c1-40-19-20-41-26-42-34-32(18-17-27-9-4-2-5-10-27)37(24-29-15-16-29)35(39)38(25-31-14-8-13-30(21-31)23-36)33(34)22-28-11-6-3-7-12-28/h2-14,21,29,32-34H,15-20,22,24-26H2,1H3/t32-,33-,34-/m1/s1. The van der Waals surface area contributed by atoms with Crippen LogP contribution in [0.3, 0.4) is 0 Å². The van der Waals surface area contributed by atoms with Gasteiger partial charge in [-0.3, -0.25) is 0 Å². The molecule has 1 saturated carbocycles. The summed E-state index contributed by atoms with van der Waals surface area (Å²) in [5.74, 6) is 0.529. The van der Waals surface area contributed by atoms with Crippen LogP contribution in [0.2, 0.25) is 0 Å². The lowest BCUT2D eigenvalue weighted by Crippen LogP contribution is -2.67. The molecule has 5 rings (SSSR count). The summed E-state index contributed by atoms with van der Waals surface area (Å²) in [6, 6.07) is 30.3. The Morgan fingerprint density at radius 1 is 0.857 bits per heavy atom. The number of hydrogen-bond donors (Lipinski definition) is 0. The quantitative estimate of drug-likeness (QED) is 0.171. The summed E-state index contributed by atoms with van der Waals surface area (Å²) in [6.45, 7) is 2.20. The molecular formula is C35H41N3O4. The summed E-state index contributed by atoms with van der Waals surface area (Å²) in [5.41, 5.74) is 3.93. The third kappa shape index (κ3) is 7.98. The average Bonchev–Trinajstić information content (AvgIpc) is 3.85. The van der Waals surface area contributed by atoms with Gasteiger partial charge in [-0.2, -0.15) is 5.26 Å². The first kappa shape index (κ1) is 29.8. The molecule has 1 heterocycles. The maximum Gasteiger partial charge on any atom is 0.321 e. The van der Waals surface area contributed by atoms with E-state index in [2.05, 4.69) is 47.4 Å². The molecular weight excluding hydrogens is 526 g/mol. The van der Waals surface area contributed by atoms with Gasteiger partial charge in [-0.25, -0.2) is 4.79 Å². The van der Waals surface area contributed by atoms with Crippen molar-refractivity contribution in [3.8, 4) is 6.07 Å². The van der Waals surface area contributed by atoms with Crippen LogP contribution in [0.5, 0.6) is 0 Å². The normalized spacial score (nSPS) is 20.5. The number of hydrogen-bond acceptors (Lipinski definition) is 5. The highest BCUT2D eigenvalue weighted by Gasteiger charge is 2.48. The third-order valence-electron chi connectivity index (χ3n) is 8.25. The SMILES string of the molecule is COCCOCO[C@H]1[C@@H](Cc2ccccc2)N(Cc2cccc(C#N)c2)C(=O)N(CC2CC2)[C@@H]1CCc1ccccc1. The number of benzene rings is 3. The Bertz CT molecular complexity index is 1310. The van der Waals surface area contributed by atoms with Crippen LogP contribution in [0.4, 0.5) is 4.79 Å². The van der Waals surface area contributed by atoms with Crippen LogP contribution in [0.1, 0.15) is 41.5 Å². The van der Waals surface area contributed by atoms with Gasteiger partial charge in [0.2, 0.25) is 0 Å². The van der Waals surface area contributed by atoms with Crippen LogP contribution >= 0.6 is 0 Å². The predicted octanol–water partition coefficient (Wildman–Crippen LogP) is 5.82. The van der Waals surface area contributed by atoms with Gasteiger partial charge in [0.1, 0.15) is 12.9 Å². The lowest BCUT2D eigenvalue weighted by Gasteiger charge is -2.51. The van der Waals surface area contributed by atoms with Gasteiger partial charge >= 0.3 is 6.03 Å². The van der Waals surface area contributed by atoms with Crippen molar-refractivity contribution in [2.45, 2.75) is 56.8 Å². The summed E-state index contributed by atoms with van der Waals surface area (Å²) in [4.78, 5) is 18.6. The van der Waals surface area contributed by atoms with Gasteiger partial charge in [0, 0.05) is 20.2 Å². The van der Waals surface area contributed by atoms with E-state index in [1.807, 2.05) is 47.4 Å². The number of nitriles is 1. The van der Waals surface area contributed by atoms with Crippen molar-refractivity contribution < 1.29 is 19.0 Å². The number of urea groups is 1. The highest BCUT2D eigenvalue weighted by Crippen LogP contribution is 2.36. The fraction of sp³-hybridized carbons (Fsp3) is 0.429. The maximum absolute atomic E-state index is 14.5. The second-order valence-corrected chi connectivity index (χ2v) is 11.3. The Kier molecular flexibility index (Phi) is 10.6. The third-order valence-corrected chi connectivity index (χ3v) is 8.25. The number of ether oxygens (including phenoxy) is 3. The highest BCUT2D eigenvalue weighted by atomic mass is 16.7. The van der Waals surface area contributed by atoms with Gasteiger partial charge < -0.3 is 24.0 Å². The Morgan fingerprint density at radius 3 is 2.26 bits per heavy atom. The molecule has 1 aliphatic heterocycles. The number of nitrogens with zero attached hydrogens (tertiary/aromatic N) is 3. The topological polar surface area (TPSA) is 75.0 Å². The Labute approximate surface area is 249 Å². The summed E-state index contributed by atoms with van der Waals surface area (Å²) in [6.07, 6.45) is 4.34. The van der Waals surface area contributed by atoms with E-state index in [4.69, 9.17) is 14.2 Å². The summed E-state index contributed by atoms with van der Waals surface area (Å²) in [5, 5.41) is 9.52. The fourth-order valence-corrected chi connectivity index (χ4v) is 5.88. The van der Waals surface area contributed by atoms with Crippen LogP contribution in [-0.4, -0.2) is 67.7 Å². The lowest BCUT2D eigenvalue weighted by molar-refractivity contribution is -0.149. The zero-order valence-corrected chi connectivity index (χ0v) is 24.4. The van der Waals surface area contributed by atoms with E-state index in [-0.39, 0.29) is 31.0 Å². The minimum Gasteiger partial charge on any atom is -0.382 e. The molecule has 220 valence electrons. The van der Waals surface area contributed by atoms with Gasteiger partial charge in [0.15, 0.2) is 0 Å². The van der Waals surface area contributed by atoms with E-state index in [0.717, 1.165) is 43.4 Å². The van der Waals surface area contributed by atoms with Gasteiger partial charge in [0.05, 0.1) is 36.9 Å². The molecule has 42 heavy (non-hydrogen) atoms. The van der Waals surface area contributed by atoms with Crippen molar-refractivity contribution in [1.82, 2.24) is 9.80 Å². The molecule has 2 fully saturated rings. The van der Waals surface area contributed by atoms with Crippen LogP contribution in [0.15, 0.2) is 84.9 Å². The van der Waals surface area contributed by atoms with E-state index >= 15 is 0 Å². The molecule has 2 aliphatic rings. The van der Waals surface area contributed by atoms with E-state index in [1.165, 1.54) is 5.56 Å². The first-order chi connectivity index (χ1) is 20.7. The highest BCUT2D eigenvalue weighted by molar-refractivity contribution is 5.77. The zero-order valence-electron chi connectivity index (χ0n) is 24.4. The van der Waals surface area contributed by atoms with Crippen LogP contribution in [0, 0.1) is 17.2 Å². The number of carbonyl (C=O) groups is 1. The van der Waals surface area contributed by atoms with Crippen molar-refractivity contribution >= 4 is 6.03 Å². The Morgan fingerprint density at radius 2 is 1.57 bits per heavy atom. The fourth-order valence-electron chi connectivity index (χ4n) is 5.88. The summed E-state index contributed by atoms with van der Waals surface area (Å²) >= 11 is 0. The van der Waals surface area contributed by atoms with Crippen LogP contribution in [-0.2, 0) is 33.6 Å². The number of aryl methyl sites for hydroxylation is 1. The molecule has 0 spiro atoms.